The highest BCUT2D eigenvalue weighted by molar-refractivity contribution is 5.95. The molecule has 7 nitrogen and oxygen atoms in total. The summed E-state index contributed by atoms with van der Waals surface area (Å²) in [4.78, 5) is 19.2. The Balaban J connectivity index is 1.94. The van der Waals surface area contributed by atoms with E-state index in [4.69, 9.17) is 0 Å². The number of hydrogen-bond acceptors (Lipinski definition) is 5. The van der Waals surface area contributed by atoms with Gasteiger partial charge < -0.3 is 4.90 Å². The Morgan fingerprint density at radius 2 is 2.27 bits per heavy atom. The van der Waals surface area contributed by atoms with Crippen molar-refractivity contribution in [1.82, 2.24) is 30.3 Å². The second-order valence-electron chi connectivity index (χ2n) is 5.58. The van der Waals surface area contributed by atoms with Crippen molar-refractivity contribution >= 4 is 5.91 Å². The molecule has 3 heterocycles. The second-order valence-corrected chi connectivity index (χ2v) is 5.58. The summed E-state index contributed by atoms with van der Waals surface area (Å²) >= 11 is 0. The van der Waals surface area contributed by atoms with Gasteiger partial charge in [-0.1, -0.05) is 6.92 Å². The van der Waals surface area contributed by atoms with Gasteiger partial charge in [-0.05, 0) is 38.7 Å². The topological polar surface area (TPSA) is 87.7 Å². The lowest BCUT2D eigenvalue weighted by molar-refractivity contribution is 0.0598. The molecule has 0 spiro atoms. The van der Waals surface area contributed by atoms with Crippen LogP contribution in [0.3, 0.4) is 0 Å². The summed E-state index contributed by atoms with van der Waals surface area (Å²) < 4.78 is 0. The third-order valence-corrected chi connectivity index (χ3v) is 4.07. The van der Waals surface area contributed by atoms with Crippen molar-refractivity contribution < 1.29 is 4.79 Å². The average Bonchev–Trinajstić information content (AvgIpc) is 3.08. The van der Waals surface area contributed by atoms with E-state index >= 15 is 0 Å². The number of hydrogen-bond donors (Lipinski definition) is 1. The van der Waals surface area contributed by atoms with Gasteiger partial charge in [-0.2, -0.15) is 15.3 Å². The van der Waals surface area contributed by atoms with Gasteiger partial charge >= 0.3 is 0 Å². The van der Waals surface area contributed by atoms with Crippen LogP contribution in [0.4, 0.5) is 0 Å². The standard InChI is InChI=1S/C15H20N6O/c1-3-12-11(8-10(2)18-19-12)15(22)21-7-5-4-6-13(21)14-16-9-17-20-14/h8-9,13H,3-7H2,1-2H3,(H,16,17,20)/t13-/m0/s1. The lowest BCUT2D eigenvalue weighted by atomic mass is 9.99. The summed E-state index contributed by atoms with van der Waals surface area (Å²) in [6.45, 7) is 4.57. The summed E-state index contributed by atoms with van der Waals surface area (Å²) in [7, 11) is 0. The maximum Gasteiger partial charge on any atom is 0.256 e. The van der Waals surface area contributed by atoms with Crippen LogP contribution >= 0.6 is 0 Å². The van der Waals surface area contributed by atoms with Crippen LogP contribution in [0.25, 0.3) is 0 Å². The molecule has 1 atom stereocenters. The molecule has 0 radical (unpaired) electrons. The molecule has 0 aliphatic carbocycles. The molecule has 1 N–H and O–H groups in total. The summed E-state index contributed by atoms with van der Waals surface area (Å²) in [5.74, 6) is 0.765. The Hall–Kier alpha value is -2.31. The molecule has 7 heteroatoms. The van der Waals surface area contributed by atoms with Crippen LogP contribution in [0.5, 0.6) is 0 Å². The summed E-state index contributed by atoms with van der Waals surface area (Å²) in [6.07, 6.45) is 5.18. The van der Waals surface area contributed by atoms with Crippen molar-refractivity contribution in [1.29, 1.82) is 0 Å². The van der Waals surface area contributed by atoms with E-state index in [1.165, 1.54) is 6.33 Å². The number of H-pyrrole nitrogens is 1. The molecule has 0 bridgehead atoms. The maximum absolute atomic E-state index is 13.0. The fraction of sp³-hybridized carbons (Fsp3) is 0.533. The molecule has 0 aromatic carbocycles. The van der Waals surface area contributed by atoms with Crippen LogP contribution in [0, 0.1) is 6.92 Å². The van der Waals surface area contributed by atoms with Gasteiger partial charge in [-0.25, -0.2) is 4.98 Å². The van der Waals surface area contributed by atoms with Crippen molar-refractivity contribution in [3.63, 3.8) is 0 Å². The number of piperidine rings is 1. The molecule has 1 aliphatic heterocycles. The molecule has 0 saturated carbocycles. The Labute approximate surface area is 129 Å². The highest BCUT2D eigenvalue weighted by Crippen LogP contribution is 2.30. The van der Waals surface area contributed by atoms with E-state index in [0.29, 0.717) is 12.0 Å². The van der Waals surface area contributed by atoms with Gasteiger partial charge in [0.1, 0.15) is 12.2 Å². The molecule has 1 aliphatic rings. The van der Waals surface area contributed by atoms with Gasteiger partial charge in [-0.15, -0.1) is 0 Å². The van der Waals surface area contributed by atoms with Crippen LogP contribution in [-0.4, -0.2) is 42.7 Å². The fourth-order valence-corrected chi connectivity index (χ4v) is 2.95. The summed E-state index contributed by atoms with van der Waals surface area (Å²) in [5, 5.41) is 15.0. The summed E-state index contributed by atoms with van der Waals surface area (Å²) in [5.41, 5.74) is 2.16. The number of aromatic nitrogens is 5. The first kappa shape index (κ1) is 14.6. The molecule has 22 heavy (non-hydrogen) atoms. The Morgan fingerprint density at radius 1 is 1.41 bits per heavy atom. The van der Waals surface area contributed by atoms with Crippen molar-refractivity contribution in [3.05, 3.63) is 35.2 Å². The molecular weight excluding hydrogens is 280 g/mol. The molecule has 1 fully saturated rings. The molecule has 2 aromatic rings. The van der Waals surface area contributed by atoms with E-state index in [0.717, 1.165) is 43.0 Å². The largest absolute Gasteiger partial charge is 0.328 e. The second kappa shape index (κ2) is 6.21. The SMILES string of the molecule is CCc1nnc(C)cc1C(=O)N1CCCC[C@H]1c1ncn[nH]1. The van der Waals surface area contributed by atoms with E-state index in [9.17, 15) is 4.79 Å². The quantitative estimate of drug-likeness (QED) is 0.934. The minimum absolute atomic E-state index is 0.0101. The number of carbonyl (C=O) groups is 1. The van der Waals surface area contributed by atoms with Crippen molar-refractivity contribution in [3.8, 4) is 0 Å². The summed E-state index contributed by atoms with van der Waals surface area (Å²) in [6, 6.07) is 1.79. The maximum atomic E-state index is 13.0. The van der Waals surface area contributed by atoms with Crippen LogP contribution in [0.2, 0.25) is 0 Å². The van der Waals surface area contributed by atoms with Crippen LogP contribution in [-0.2, 0) is 6.42 Å². The minimum atomic E-state index is -0.0399. The van der Waals surface area contributed by atoms with Crippen LogP contribution < -0.4 is 0 Å². The number of carbonyl (C=O) groups excluding carboxylic acids is 1. The first-order valence-corrected chi connectivity index (χ1v) is 7.70. The number of nitrogens with one attached hydrogen (secondary N) is 1. The van der Waals surface area contributed by atoms with Gasteiger partial charge in [-0.3, -0.25) is 9.89 Å². The van der Waals surface area contributed by atoms with E-state index < -0.39 is 0 Å². The van der Waals surface area contributed by atoms with Crippen molar-refractivity contribution in [2.75, 3.05) is 6.54 Å². The van der Waals surface area contributed by atoms with Gasteiger partial charge in [0.25, 0.3) is 5.91 Å². The smallest absolute Gasteiger partial charge is 0.256 e. The Kier molecular flexibility index (Phi) is 4.13. The zero-order valence-electron chi connectivity index (χ0n) is 12.9. The highest BCUT2D eigenvalue weighted by atomic mass is 16.2. The molecule has 3 rings (SSSR count). The zero-order valence-corrected chi connectivity index (χ0v) is 12.9. The van der Waals surface area contributed by atoms with E-state index in [1.54, 1.807) is 0 Å². The number of rotatable bonds is 3. The number of likely N-dealkylation sites (tertiary alicyclic amines) is 1. The van der Waals surface area contributed by atoms with E-state index in [1.807, 2.05) is 24.8 Å². The molecule has 2 aromatic heterocycles. The number of aryl methyl sites for hydroxylation is 2. The first-order chi connectivity index (χ1) is 10.7. The third-order valence-electron chi connectivity index (χ3n) is 4.07. The van der Waals surface area contributed by atoms with Gasteiger partial charge in [0, 0.05) is 6.54 Å². The zero-order chi connectivity index (χ0) is 15.5. The third kappa shape index (κ3) is 2.70. The lowest BCUT2D eigenvalue weighted by Crippen LogP contribution is -2.39. The van der Waals surface area contributed by atoms with E-state index in [-0.39, 0.29) is 11.9 Å². The Morgan fingerprint density at radius 3 is 3.00 bits per heavy atom. The van der Waals surface area contributed by atoms with Gasteiger partial charge in [0.2, 0.25) is 0 Å². The van der Waals surface area contributed by atoms with E-state index in [2.05, 4.69) is 25.4 Å². The molecular formula is C15H20N6O. The predicted molar refractivity (Wildman–Crippen MR) is 80.2 cm³/mol. The number of aromatic amines is 1. The van der Waals surface area contributed by atoms with Gasteiger partial charge in [0.05, 0.1) is 23.0 Å². The molecule has 1 amide bonds. The monoisotopic (exact) mass is 300 g/mol. The average molecular weight is 300 g/mol. The normalized spacial score (nSPS) is 18.5. The predicted octanol–water partition coefficient (Wildman–Crippen LogP) is 1.83. The van der Waals surface area contributed by atoms with Crippen molar-refractivity contribution in [2.45, 2.75) is 45.6 Å². The first-order valence-electron chi connectivity index (χ1n) is 7.70. The molecule has 116 valence electrons. The van der Waals surface area contributed by atoms with Crippen molar-refractivity contribution in [2.24, 2.45) is 0 Å². The minimum Gasteiger partial charge on any atom is -0.328 e. The Bertz CT molecular complexity index is 654. The highest BCUT2D eigenvalue weighted by Gasteiger charge is 2.31. The molecule has 1 saturated heterocycles. The number of amides is 1. The van der Waals surface area contributed by atoms with Gasteiger partial charge in [0.15, 0.2) is 0 Å². The fourth-order valence-electron chi connectivity index (χ4n) is 2.95. The van der Waals surface area contributed by atoms with Crippen LogP contribution in [0.1, 0.15) is 59.8 Å². The number of nitrogens with zero attached hydrogens (tertiary/aromatic N) is 5. The van der Waals surface area contributed by atoms with Crippen LogP contribution in [0.15, 0.2) is 12.4 Å². The lowest BCUT2D eigenvalue weighted by Gasteiger charge is -2.34. The molecule has 0 unspecified atom stereocenters.